The number of aromatic nitrogens is 1. The molecule has 26 heavy (non-hydrogen) atoms. The maximum absolute atomic E-state index is 12.7. The Morgan fingerprint density at radius 3 is 3.00 bits per heavy atom. The van der Waals surface area contributed by atoms with Gasteiger partial charge in [-0.2, -0.15) is 0 Å². The van der Waals surface area contributed by atoms with E-state index in [0.29, 0.717) is 6.42 Å². The summed E-state index contributed by atoms with van der Waals surface area (Å²) in [6.07, 6.45) is 3.09. The summed E-state index contributed by atoms with van der Waals surface area (Å²) in [6.45, 7) is 4.62. The van der Waals surface area contributed by atoms with Crippen molar-refractivity contribution in [1.29, 1.82) is 0 Å². The number of esters is 1. The van der Waals surface area contributed by atoms with Gasteiger partial charge in [0.25, 0.3) is 0 Å². The highest BCUT2D eigenvalue weighted by atomic mass is 16.5. The Labute approximate surface area is 154 Å². The molecule has 2 aromatic rings. The molecule has 1 unspecified atom stereocenters. The van der Waals surface area contributed by atoms with Crippen molar-refractivity contribution < 1.29 is 14.6 Å². The molecule has 5 nitrogen and oxygen atoms in total. The zero-order valence-electron chi connectivity index (χ0n) is 15.6. The molecule has 5 heteroatoms. The van der Waals surface area contributed by atoms with Gasteiger partial charge in [-0.05, 0) is 43.2 Å². The number of methoxy groups -OCH3 is 1. The molecule has 140 valence electrons. The first kappa shape index (κ1) is 17.6. The molecule has 1 aromatic carbocycles. The van der Waals surface area contributed by atoms with Gasteiger partial charge in [-0.15, -0.1) is 0 Å². The fraction of sp³-hybridized carbons (Fsp3) is 0.571. The van der Waals surface area contributed by atoms with Gasteiger partial charge in [0.05, 0.1) is 18.6 Å². The number of piperidine rings is 1. The molecule has 0 radical (unpaired) electrons. The Morgan fingerprint density at radius 2 is 2.23 bits per heavy atom. The summed E-state index contributed by atoms with van der Waals surface area (Å²) >= 11 is 0. The predicted molar refractivity (Wildman–Crippen MR) is 101 cm³/mol. The predicted octanol–water partition coefficient (Wildman–Crippen LogP) is 2.83. The summed E-state index contributed by atoms with van der Waals surface area (Å²) < 4.78 is 5.16. The average molecular weight is 356 g/mol. The number of nitrogens with one attached hydrogen (secondary N) is 1. The maximum Gasteiger partial charge on any atom is 0.314 e. The van der Waals surface area contributed by atoms with Crippen LogP contribution in [0.15, 0.2) is 24.3 Å². The van der Waals surface area contributed by atoms with Gasteiger partial charge in [0.1, 0.15) is 0 Å². The Kier molecular flexibility index (Phi) is 4.53. The molecular formula is C21H28N2O3. The number of hydrogen-bond acceptors (Lipinski definition) is 4. The van der Waals surface area contributed by atoms with Crippen molar-refractivity contribution in [3.05, 3.63) is 35.5 Å². The number of aromatic amines is 1. The number of aliphatic hydroxyl groups is 1. The molecule has 0 aliphatic carbocycles. The van der Waals surface area contributed by atoms with Gasteiger partial charge in [0.2, 0.25) is 0 Å². The van der Waals surface area contributed by atoms with Crippen LogP contribution in [0, 0.1) is 5.92 Å². The number of benzene rings is 1. The number of ether oxygens (including phenoxy) is 1. The maximum atomic E-state index is 12.7. The lowest BCUT2D eigenvalue weighted by Crippen LogP contribution is -2.51. The minimum absolute atomic E-state index is 0.183. The summed E-state index contributed by atoms with van der Waals surface area (Å²) in [4.78, 5) is 18.5. The van der Waals surface area contributed by atoms with E-state index in [1.807, 2.05) is 19.1 Å². The van der Waals surface area contributed by atoms with E-state index >= 15 is 0 Å². The lowest BCUT2D eigenvalue weighted by atomic mass is 9.79. The number of rotatable bonds is 2. The van der Waals surface area contributed by atoms with E-state index in [-0.39, 0.29) is 17.8 Å². The number of H-pyrrole nitrogens is 1. The highest BCUT2D eigenvalue weighted by molar-refractivity contribution is 5.88. The molecule has 3 heterocycles. The molecule has 2 bridgehead atoms. The Balaban J connectivity index is 1.79. The van der Waals surface area contributed by atoms with Crippen molar-refractivity contribution in [1.82, 2.24) is 9.88 Å². The summed E-state index contributed by atoms with van der Waals surface area (Å²) in [6, 6.07) is 8.26. The molecule has 0 spiro atoms. The van der Waals surface area contributed by atoms with Crippen LogP contribution in [0.3, 0.4) is 0 Å². The van der Waals surface area contributed by atoms with E-state index in [0.717, 1.165) is 50.1 Å². The zero-order valence-corrected chi connectivity index (χ0v) is 15.6. The van der Waals surface area contributed by atoms with Crippen LogP contribution in [0.2, 0.25) is 0 Å². The first-order valence-electron chi connectivity index (χ1n) is 9.65. The number of hydrogen-bond donors (Lipinski definition) is 2. The molecule has 2 aliphatic heterocycles. The minimum atomic E-state index is -0.649. The second-order valence-corrected chi connectivity index (χ2v) is 8.01. The summed E-state index contributed by atoms with van der Waals surface area (Å²) in [5, 5.41) is 12.1. The quantitative estimate of drug-likeness (QED) is 0.812. The van der Waals surface area contributed by atoms with E-state index < -0.39 is 5.60 Å². The van der Waals surface area contributed by atoms with E-state index in [2.05, 4.69) is 22.0 Å². The Morgan fingerprint density at radius 1 is 1.42 bits per heavy atom. The van der Waals surface area contributed by atoms with E-state index in [9.17, 15) is 9.90 Å². The summed E-state index contributed by atoms with van der Waals surface area (Å²) in [7, 11) is 1.47. The van der Waals surface area contributed by atoms with Gasteiger partial charge in [-0.1, -0.05) is 25.1 Å². The highest BCUT2D eigenvalue weighted by Crippen LogP contribution is 2.39. The third-order valence-electron chi connectivity index (χ3n) is 6.29. The van der Waals surface area contributed by atoms with Gasteiger partial charge < -0.3 is 14.8 Å². The van der Waals surface area contributed by atoms with Crippen LogP contribution in [0.5, 0.6) is 0 Å². The van der Waals surface area contributed by atoms with Gasteiger partial charge in [-0.3, -0.25) is 9.69 Å². The lowest BCUT2D eigenvalue weighted by molar-refractivity contribution is -0.143. The number of fused-ring (bicyclic) bond motifs is 5. The van der Waals surface area contributed by atoms with Gasteiger partial charge in [0, 0.05) is 36.2 Å². The van der Waals surface area contributed by atoms with Crippen LogP contribution >= 0.6 is 0 Å². The van der Waals surface area contributed by atoms with Gasteiger partial charge in [-0.25, -0.2) is 0 Å². The van der Waals surface area contributed by atoms with Gasteiger partial charge in [0.15, 0.2) is 0 Å². The summed E-state index contributed by atoms with van der Waals surface area (Å²) in [5.74, 6) is -0.196. The number of para-hydroxylation sites is 1. The van der Waals surface area contributed by atoms with Crippen LogP contribution in [0.4, 0.5) is 0 Å². The summed E-state index contributed by atoms with van der Waals surface area (Å²) in [5.41, 5.74) is 2.66. The largest absolute Gasteiger partial charge is 0.469 e. The third kappa shape index (κ3) is 3.03. The fourth-order valence-electron chi connectivity index (χ4n) is 4.96. The second-order valence-electron chi connectivity index (χ2n) is 8.01. The molecule has 1 fully saturated rings. The highest BCUT2D eigenvalue weighted by Gasteiger charge is 2.40. The standard InChI is InChI=1S/C21H28N2O3/c1-3-21(25)11-14-10-17(20(24)26-2)19-16(8-9-23(12-14)13-21)15-6-4-5-7-18(15)22-19/h4-7,14,17,22,25H,3,8-13H2,1-2H3/t14-,17+,21+/m1/s1. The molecule has 4 atom stereocenters. The molecule has 0 saturated carbocycles. The Hall–Kier alpha value is -1.85. The van der Waals surface area contributed by atoms with Gasteiger partial charge >= 0.3 is 5.97 Å². The van der Waals surface area contributed by atoms with Crippen molar-refractivity contribution in [2.45, 2.75) is 44.1 Å². The van der Waals surface area contributed by atoms with Crippen molar-refractivity contribution in [2.75, 3.05) is 26.7 Å². The van der Waals surface area contributed by atoms with E-state index in [1.165, 1.54) is 18.1 Å². The number of nitrogens with zero attached hydrogens (tertiary/aromatic N) is 1. The van der Waals surface area contributed by atoms with Crippen LogP contribution < -0.4 is 0 Å². The Bertz CT molecular complexity index is 815. The minimum Gasteiger partial charge on any atom is -0.469 e. The van der Waals surface area contributed by atoms with Crippen LogP contribution in [0.1, 0.15) is 43.4 Å². The van der Waals surface area contributed by atoms with Crippen molar-refractivity contribution in [2.24, 2.45) is 5.92 Å². The third-order valence-corrected chi connectivity index (χ3v) is 6.29. The van der Waals surface area contributed by atoms with Crippen molar-refractivity contribution in [3.63, 3.8) is 0 Å². The molecule has 1 saturated heterocycles. The smallest absolute Gasteiger partial charge is 0.314 e. The topological polar surface area (TPSA) is 65.6 Å². The van der Waals surface area contributed by atoms with Crippen LogP contribution in [0.25, 0.3) is 10.9 Å². The first-order valence-corrected chi connectivity index (χ1v) is 9.65. The molecule has 0 amide bonds. The fourth-order valence-corrected chi connectivity index (χ4v) is 4.96. The van der Waals surface area contributed by atoms with Crippen LogP contribution in [-0.2, 0) is 16.0 Å². The van der Waals surface area contributed by atoms with Crippen molar-refractivity contribution >= 4 is 16.9 Å². The molecular weight excluding hydrogens is 328 g/mol. The van der Waals surface area contributed by atoms with Crippen LogP contribution in [-0.4, -0.2) is 53.3 Å². The molecule has 1 aromatic heterocycles. The molecule has 2 N–H and O–H groups in total. The zero-order chi connectivity index (χ0) is 18.3. The molecule has 4 rings (SSSR count). The van der Waals surface area contributed by atoms with Crippen molar-refractivity contribution in [3.8, 4) is 0 Å². The number of carbonyl (C=O) groups is 1. The SMILES string of the molecule is CC[C@]1(O)C[C@H]2C[C@H](C(=O)OC)c3[nH]c4ccccc4c3CCN(C2)C1. The molecule has 2 aliphatic rings. The monoisotopic (exact) mass is 356 g/mol. The normalized spacial score (nSPS) is 31.6. The average Bonchev–Trinajstić information content (AvgIpc) is 3.02. The van der Waals surface area contributed by atoms with E-state index in [4.69, 9.17) is 4.74 Å². The first-order chi connectivity index (χ1) is 12.5. The lowest BCUT2D eigenvalue weighted by Gasteiger charge is -2.43. The van der Waals surface area contributed by atoms with E-state index in [1.54, 1.807) is 0 Å². The number of carbonyl (C=O) groups excluding carboxylic acids is 1. The second kappa shape index (κ2) is 6.71.